The molecule has 2 aliphatic rings. The Morgan fingerprint density at radius 2 is 2.06 bits per heavy atom. The lowest BCUT2D eigenvalue weighted by atomic mass is 10.0. The molecule has 0 radical (unpaired) electrons. The lowest BCUT2D eigenvalue weighted by Gasteiger charge is -2.18. The van der Waals surface area contributed by atoms with E-state index < -0.39 is 0 Å². The second-order valence-electron chi connectivity index (χ2n) is 9.17. The molecular formula is C29H37N5O2. The van der Waals surface area contributed by atoms with Crippen LogP contribution < -0.4 is 15.5 Å². The molecule has 36 heavy (non-hydrogen) atoms. The van der Waals surface area contributed by atoms with Crippen LogP contribution in [0.25, 0.3) is 0 Å². The maximum Gasteiger partial charge on any atom is 0.229 e. The third-order valence-electron chi connectivity index (χ3n) is 6.41. The maximum absolute atomic E-state index is 12.1. The van der Waals surface area contributed by atoms with Crippen molar-refractivity contribution in [2.75, 3.05) is 44.0 Å². The fourth-order valence-electron chi connectivity index (χ4n) is 4.28. The molecular weight excluding hydrogens is 450 g/mol. The summed E-state index contributed by atoms with van der Waals surface area (Å²) in [6, 6.07) is 13.7. The molecule has 1 aliphatic carbocycles. The van der Waals surface area contributed by atoms with Crippen LogP contribution in [0.4, 0.5) is 11.5 Å². The van der Waals surface area contributed by atoms with Crippen LogP contribution in [0.15, 0.2) is 66.4 Å². The predicted octanol–water partition coefficient (Wildman–Crippen LogP) is 4.79. The fourth-order valence-corrected chi connectivity index (χ4v) is 4.28. The molecule has 1 amide bonds. The first-order valence-corrected chi connectivity index (χ1v) is 12.6. The van der Waals surface area contributed by atoms with E-state index in [1.54, 1.807) is 7.11 Å². The number of benzene rings is 1. The molecule has 2 aromatic rings. The summed E-state index contributed by atoms with van der Waals surface area (Å²) in [5, 5.41) is 14.6. The third kappa shape index (κ3) is 8.33. The van der Waals surface area contributed by atoms with Crippen molar-refractivity contribution in [3.8, 4) is 6.07 Å². The molecule has 190 valence electrons. The number of nitriles is 1. The van der Waals surface area contributed by atoms with E-state index in [2.05, 4.69) is 45.7 Å². The monoisotopic (exact) mass is 487 g/mol. The van der Waals surface area contributed by atoms with Gasteiger partial charge in [0.2, 0.25) is 5.91 Å². The predicted molar refractivity (Wildman–Crippen MR) is 145 cm³/mol. The third-order valence-corrected chi connectivity index (χ3v) is 6.41. The average molecular weight is 488 g/mol. The largest absolute Gasteiger partial charge is 0.380 e. The number of hydrogen-bond donors (Lipinski definition) is 2. The van der Waals surface area contributed by atoms with Gasteiger partial charge in [0.15, 0.2) is 0 Å². The van der Waals surface area contributed by atoms with Crippen LogP contribution in [-0.2, 0) is 9.53 Å². The van der Waals surface area contributed by atoms with Crippen molar-refractivity contribution in [3.05, 3.63) is 77.5 Å². The van der Waals surface area contributed by atoms with E-state index in [1.165, 1.54) is 5.56 Å². The zero-order valence-corrected chi connectivity index (χ0v) is 21.5. The summed E-state index contributed by atoms with van der Waals surface area (Å²) in [6.45, 7) is 5.00. The molecule has 7 nitrogen and oxygen atoms in total. The van der Waals surface area contributed by atoms with Crippen LogP contribution >= 0.6 is 0 Å². The zero-order chi connectivity index (χ0) is 25.8. The summed E-state index contributed by atoms with van der Waals surface area (Å²) in [5.41, 5.74) is 4.14. The first-order valence-electron chi connectivity index (χ1n) is 12.6. The van der Waals surface area contributed by atoms with E-state index in [1.807, 2.05) is 55.7 Å². The zero-order valence-electron chi connectivity index (χ0n) is 21.5. The van der Waals surface area contributed by atoms with Crippen molar-refractivity contribution in [3.63, 3.8) is 0 Å². The van der Waals surface area contributed by atoms with Crippen molar-refractivity contribution >= 4 is 17.4 Å². The van der Waals surface area contributed by atoms with Gasteiger partial charge in [0, 0.05) is 26.7 Å². The molecule has 1 saturated heterocycles. The molecule has 0 spiro atoms. The van der Waals surface area contributed by atoms with Gasteiger partial charge in [-0.05, 0) is 67.6 Å². The van der Waals surface area contributed by atoms with Gasteiger partial charge in [-0.2, -0.15) is 5.26 Å². The number of allylic oxidation sites excluding steroid dienone is 3. The van der Waals surface area contributed by atoms with Gasteiger partial charge >= 0.3 is 0 Å². The topological polar surface area (TPSA) is 90.3 Å². The molecule has 2 unspecified atom stereocenters. The van der Waals surface area contributed by atoms with Crippen molar-refractivity contribution in [2.45, 2.75) is 44.6 Å². The number of carbonyl (C=O) groups excluding carboxylic acids is 1. The van der Waals surface area contributed by atoms with Crippen LogP contribution in [0.5, 0.6) is 0 Å². The lowest BCUT2D eigenvalue weighted by molar-refractivity contribution is -0.115. The van der Waals surface area contributed by atoms with Crippen LogP contribution in [-0.4, -0.2) is 50.8 Å². The Labute approximate surface area is 214 Å². The summed E-state index contributed by atoms with van der Waals surface area (Å²) in [5.74, 6) is 1.07. The van der Waals surface area contributed by atoms with Gasteiger partial charge in [-0.25, -0.2) is 4.98 Å². The molecule has 1 aliphatic heterocycles. The van der Waals surface area contributed by atoms with Crippen molar-refractivity contribution in [1.29, 1.82) is 5.26 Å². The van der Waals surface area contributed by atoms with E-state index in [-0.39, 0.29) is 5.91 Å². The first-order chi connectivity index (χ1) is 17.5. The van der Waals surface area contributed by atoms with Crippen molar-refractivity contribution in [2.24, 2.45) is 0 Å². The number of carbonyl (C=O) groups is 1. The maximum atomic E-state index is 12.1. The summed E-state index contributed by atoms with van der Waals surface area (Å²) in [6.07, 6.45) is 11.9. The second-order valence-corrected chi connectivity index (χ2v) is 9.17. The number of amides is 1. The molecule has 1 fully saturated rings. The summed E-state index contributed by atoms with van der Waals surface area (Å²) < 4.78 is 5.38. The standard InChI is InChI=1S/C18H23N3O2.C11H14N2/c1-23-16-9-10-21(13-16)15-7-8-17(19-12-15)20-18(22)11-14-5-3-2-4-6-14;1-9(8-13-2)11-5-3-10(7-12)4-6-11/h3,5-8,12,16H,2,4,9-11,13H2,1H3,(H,19,20,22);3-6,9,13H,8H2,1-2H3. The molecule has 7 heteroatoms. The molecule has 0 saturated carbocycles. The highest BCUT2D eigenvalue weighted by Crippen LogP contribution is 2.22. The Hall–Kier alpha value is -3.47. The molecule has 4 rings (SSSR count). The number of nitrogens with zero attached hydrogens (tertiary/aromatic N) is 3. The summed E-state index contributed by atoms with van der Waals surface area (Å²) >= 11 is 0. The summed E-state index contributed by atoms with van der Waals surface area (Å²) in [4.78, 5) is 18.7. The first kappa shape index (κ1) is 27.1. The Morgan fingerprint density at radius 1 is 1.25 bits per heavy atom. The number of aromatic nitrogens is 1. The highest BCUT2D eigenvalue weighted by atomic mass is 16.5. The number of rotatable bonds is 8. The Kier molecular flexibility index (Phi) is 10.7. The number of hydrogen-bond acceptors (Lipinski definition) is 6. The molecule has 1 aromatic heterocycles. The minimum absolute atomic E-state index is 0.0244. The number of pyridine rings is 1. The number of methoxy groups -OCH3 is 1. The molecule has 2 heterocycles. The van der Waals surface area contributed by atoms with Crippen LogP contribution in [0.1, 0.15) is 49.7 Å². The Morgan fingerprint density at radius 3 is 2.64 bits per heavy atom. The number of nitrogens with one attached hydrogen (secondary N) is 2. The normalized spacial score (nSPS) is 17.4. The van der Waals surface area contributed by atoms with E-state index in [9.17, 15) is 4.79 Å². The smallest absolute Gasteiger partial charge is 0.229 e. The van der Waals surface area contributed by atoms with Crippen LogP contribution in [0.2, 0.25) is 0 Å². The Bertz CT molecular complexity index is 1070. The second kappa shape index (κ2) is 14.2. The van der Waals surface area contributed by atoms with Crippen LogP contribution in [0.3, 0.4) is 0 Å². The van der Waals surface area contributed by atoms with Gasteiger partial charge in [-0.1, -0.05) is 37.3 Å². The summed E-state index contributed by atoms with van der Waals surface area (Å²) in [7, 11) is 3.70. The molecule has 1 aromatic carbocycles. The van der Waals surface area contributed by atoms with Crippen molar-refractivity contribution < 1.29 is 9.53 Å². The number of ether oxygens (including phenoxy) is 1. The van der Waals surface area contributed by atoms with Gasteiger partial charge in [-0.3, -0.25) is 4.79 Å². The molecule has 0 bridgehead atoms. The minimum Gasteiger partial charge on any atom is -0.380 e. The van der Waals surface area contributed by atoms with Crippen LogP contribution in [0, 0.1) is 11.3 Å². The van der Waals surface area contributed by atoms with Gasteiger partial charge in [0.1, 0.15) is 5.82 Å². The quantitative estimate of drug-likeness (QED) is 0.556. The van der Waals surface area contributed by atoms with E-state index >= 15 is 0 Å². The highest BCUT2D eigenvalue weighted by molar-refractivity contribution is 5.91. The SMILES string of the molecule is CNCC(C)c1ccc(C#N)cc1.COC1CCN(c2ccc(NC(=O)CC3=CCCC=C3)nc2)C1. The molecule has 2 N–H and O–H groups in total. The number of likely N-dealkylation sites (N-methyl/N-ethyl adjacent to an activating group) is 1. The van der Waals surface area contributed by atoms with Gasteiger partial charge in [0.25, 0.3) is 0 Å². The Balaban J connectivity index is 0.000000236. The van der Waals surface area contributed by atoms with Gasteiger partial charge < -0.3 is 20.3 Å². The fraction of sp³-hybridized carbons (Fsp3) is 0.414. The van der Waals surface area contributed by atoms with E-state index in [4.69, 9.17) is 10.00 Å². The van der Waals surface area contributed by atoms with Gasteiger partial charge in [0.05, 0.1) is 36.0 Å². The van der Waals surface area contributed by atoms with E-state index in [0.29, 0.717) is 24.3 Å². The lowest BCUT2D eigenvalue weighted by Crippen LogP contribution is -2.22. The number of anilines is 2. The highest BCUT2D eigenvalue weighted by Gasteiger charge is 2.22. The van der Waals surface area contributed by atoms with Crippen molar-refractivity contribution in [1.82, 2.24) is 10.3 Å². The van der Waals surface area contributed by atoms with Gasteiger partial charge in [-0.15, -0.1) is 0 Å². The van der Waals surface area contributed by atoms with E-state index in [0.717, 1.165) is 55.7 Å². The minimum atomic E-state index is -0.0244. The average Bonchev–Trinajstić information content (AvgIpc) is 3.40. The molecule has 2 atom stereocenters.